The van der Waals surface area contributed by atoms with E-state index in [1.807, 2.05) is 0 Å². The van der Waals surface area contributed by atoms with Crippen LogP contribution in [0.1, 0.15) is 10.4 Å². The third kappa shape index (κ3) is 2.64. The van der Waals surface area contributed by atoms with Crippen LogP contribution in [-0.4, -0.2) is 9.97 Å². The van der Waals surface area contributed by atoms with Gasteiger partial charge in [0.15, 0.2) is 0 Å². The Morgan fingerprint density at radius 3 is 2.94 bits per heavy atom. The molecule has 0 bridgehead atoms. The predicted octanol–water partition coefficient (Wildman–Crippen LogP) is 3.77. The topological polar surface area (TPSA) is 37.8 Å². The van der Waals surface area contributed by atoms with Crippen LogP contribution in [0, 0.1) is 6.92 Å². The van der Waals surface area contributed by atoms with Crippen LogP contribution >= 0.6 is 34.5 Å². The summed E-state index contributed by atoms with van der Waals surface area (Å²) in [6.45, 7) is 2.76. The van der Waals surface area contributed by atoms with E-state index in [4.69, 9.17) is 23.2 Å². The van der Waals surface area contributed by atoms with Gasteiger partial charge < -0.3 is 5.32 Å². The molecule has 0 fully saturated rings. The number of anilines is 1. The molecule has 2 heterocycles. The van der Waals surface area contributed by atoms with Gasteiger partial charge in [0.05, 0.1) is 12.7 Å². The van der Waals surface area contributed by atoms with Crippen molar-refractivity contribution >= 4 is 40.4 Å². The molecule has 0 aromatic carbocycles. The fraction of sp³-hybridized carbons (Fsp3) is 0.200. The number of hydrogen-bond donors (Lipinski definition) is 1. The van der Waals surface area contributed by atoms with Crippen molar-refractivity contribution < 1.29 is 0 Å². The molecular formula is C10H9Cl2N3S. The van der Waals surface area contributed by atoms with Crippen molar-refractivity contribution in [3.05, 3.63) is 38.4 Å². The number of nitrogens with zero attached hydrogens (tertiary/aromatic N) is 2. The van der Waals surface area contributed by atoms with Gasteiger partial charge in [0.1, 0.15) is 10.8 Å². The van der Waals surface area contributed by atoms with E-state index in [0.29, 0.717) is 17.4 Å². The summed E-state index contributed by atoms with van der Waals surface area (Å²) in [6, 6.07) is 2.08. The van der Waals surface area contributed by atoms with Gasteiger partial charge in [-0.2, -0.15) is 4.98 Å². The van der Waals surface area contributed by atoms with Crippen LogP contribution in [0.15, 0.2) is 17.6 Å². The van der Waals surface area contributed by atoms with E-state index >= 15 is 0 Å². The minimum Gasteiger partial charge on any atom is -0.364 e. The molecule has 2 aromatic heterocycles. The zero-order valence-electron chi connectivity index (χ0n) is 8.50. The van der Waals surface area contributed by atoms with Gasteiger partial charge in [0.25, 0.3) is 0 Å². The Morgan fingerprint density at radius 1 is 1.44 bits per heavy atom. The fourth-order valence-corrected chi connectivity index (χ4v) is 2.36. The molecule has 0 saturated heterocycles. The first-order valence-corrected chi connectivity index (χ1v) is 6.25. The molecule has 0 saturated carbocycles. The lowest BCUT2D eigenvalue weighted by atomic mass is 10.3. The van der Waals surface area contributed by atoms with E-state index in [9.17, 15) is 0 Å². The molecule has 84 valence electrons. The summed E-state index contributed by atoms with van der Waals surface area (Å²) in [6.07, 6.45) is 1.49. The normalized spacial score (nSPS) is 10.4. The van der Waals surface area contributed by atoms with E-state index < -0.39 is 0 Å². The highest BCUT2D eigenvalue weighted by molar-refractivity contribution is 7.10. The molecule has 0 spiro atoms. The number of aryl methyl sites for hydroxylation is 1. The van der Waals surface area contributed by atoms with Crippen LogP contribution in [0.5, 0.6) is 0 Å². The molecule has 0 amide bonds. The second-order valence-corrected chi connectivity index (χ2v) is 4.96. The third-order valence-electron chi connectivity index (χ3n) is 2.10. The van der Waals surface area contributed by atoms with E-state index in [1.165, 1.54) is 16.6 Å². The molecule has 0 aliphatic rings. The summed E-state index contributed by atoms with van der Waals surface area (Å²) in [5.74, 6) is 0.564. The lowest BCUT2D eigenvalue weighted by Crippen LogP contribution is -2.02. The van der Waals surface area contributed by atoms with Gasteiger partial charge in [0.2, 0.25) is 5.28 Å². The first-order chi connectivity index (χ1) is 7.66. The van der Waals surface area contributed by atoms with Crippen LogP contribution in [0.4, 0.5) is 5.82 Å². The van der Waals surface area contributed by atoms with E-state index in [0.717, 1.165) is 0 Å². The summed E-state index contributed by atoms with van der Waals surface area (Å²) < 4.78 is 0. The molecule has 16 heavy (non-hydrogen) atoms. The Bertz CT molecular complexity index is 499. The molecule has 0 aliphatic heterocycles. The summed E-state index contributed by atoms with van der Waals surface area (Å²) in [5.41, 5.74) is 1.26. The summed E-state index contributed by atoms with van der Waals surface area (Å²) in [7, 11) is 0. The monoisotopic (exact) mass is 273 g/mol. The zero-order chi connectivity index (χ0) is 11.5. The smallest absolute Gasteiger partial charge is 0.224 e. The van der Waals surface area contributed by atoms with Crippen molar-refractivity contribution in [3.63, 3.8) is 0 Å². The highest BCUT2D eigenvalue weighted by Crippen LogP contribution is 2.22. The predicted molar refractivity (Wildman–Crippen MR) is 68.4 cm³/mol. The molecule has 2 aromatic rings. The van der Waals surface area contributed by atoms with Crippen molar-refractivity contribution in [1.29, 1.82) is 0 Å². The van der Waals surface area contributed by atoms with Crippen LogP contribution in [0.25, 0.3) is 0 Å². The quantitative estimate of drug-likeness (QED) is 0.866. The maximum absolute atomic E-state index is 5.93. The van der Waals surface area contributed by atoms with Crippen molar-refractivity contribution in [1.82, 2.24) is 9.97 Å². The van der Waals surface area contributed by atoms with Crippen molar-refractivity contribution in [3.8, 4) is 0 Å². The average molecular weight is 274 g/mol. The van der Waals surface area contributed by atoms with Crippen molar-refractivity contribution in [2.75, 3.05) is 5.32 Å². The van der Waals surface area contributed by atoms with Gasteiger partial charge in [-0.25, -0.2) is 4.98 Å². The first-order valence-electron chi connectivity index (χ1n) is 4.61. The van der Waals surface area contributed by atoms with Crippen LogP contribution in [0.3, 0.4) is 0 Å². The van der Waals surface area contributed by atoms with Gasteiger partial charge in [-0.15, -0.1) is 11.3 Å². The Morgan fingerprint density at radius 2 is 2.25 bits per heavy atom. The van der Waals surface area contributed by atoms with Crippen molar-refractivity contribution in [2.24, 2.45) is 0 Å². The Balaban J connectivity index is 2.10. The minimum absolute atomic E-state index is 0.190. The van der Waals surface area contributed by atoms with Gasteiger partial charge in [-0.3, -0.25) is 0 Å². The van der Waals surface area contributed by atoms with E-state index in [-0.39, 0.29) is 5.28 Å². The average Bonchev–Trinajstić information content (AvgIpc) is 2.66. The van der Waals surface area contributed by atoms with E-state index in [1.54, 1.807) is 11.3 Å². The lowest BCUT2D eigenvalue weighted by molar-refractivity contribution is 1.09. The van der Waals surface area contributed by atoms with Crippen LogP contribution < -0.4 is 5.32 Å². The summed E-state index contributed by atoms with van der Waals surface area (Å²) >= 11 is 13.3. The van der Waals surface area contributed by atoms with Crippen LogP contribution in [0.2, 0.25) is 10.3 Å². The molecule has 3 nitrogen and oxygen atoms in total. The standard InChI is InChI=1S/C10H9Cl2N3S/c1-6-2-3-16-8(6)5-13-9-7(11)4-14-10(12)15-9/h2-4H,5H2,1H3,(H,13,14,15). The zero-order valence-corrected chi connectivity index (χ0v) is 10.8. The Hall–Kier alpha value is -0.840. The lowest BCUT2D eigenvalue weighted by Gasteiger charge is -2.06. The first kappa shape index (κ1) is 11.6. The maximum atomic E-state index is 5.93. The molecule has 6 heteroatoms. The number of nitrogens with one attached hydrogen (secondary N) is 1. The third-order valence-corrected chi connectivity index (χ3v) is 3.58. The minimum atomic E-state index is 0.190. The maximum Gasteiger partial charge on any atom is 0.224 e. The molecule has 0 unspecified atom stereocenters. The summed E-state index contributed by atoms with van der Waals surface area (Å²) in [4.78, 5) is 9.06. The number of hydrogen-bond acceptors (Lipinski definition) is 4. The second kappa shape index (κ2) is 4.99. The molecule has 2 rings (SSSR count). The fourth-order valence-electron chi connectivity index (χ4n) is 1.22. The second-order valence-electron chi connectivity index (χ2n) is 3.22. The highest BCUT2D eigenvalue weighted by atomic mass is 35.5. The van der Waals surface area contributed by atoms with Gasteiger partial charge >= 0.3 is 0 Å². The molecular weight excluding hydrogens is 265 g/mol. The van der Waals surface area contributed by atoms with E-state index in [2.05, 4.69) is 33.7 Å². The SMILES string of the molecule is Cc1ccsc1CNc1nc(Cl)ncc1Cl. The van der Waals surface area contributed by atoms with Gasteiger partial charge in [-0.05, 0) is 35.5 Å². The summed E-state index contributed by atoms with van der Waals surface area (Å²) in [5, 5.41) is 5.86. The number of rotatable bonds is 3. The number of aromatic nitrogens is 2. The van der Waals surface area contributed by atoms with Gasteiger partial charge in [0, 0.05) is 4.88 Å². The molecule has 1 N–H and O–H groups in total. The molecule has 0 atom stereocenters. The van der Waals surface area contributed by atoms with Crippen molar-refractivity contribution in [2.45, 2.75) is 13.5 Å². The molecule has 0 radical (unpaired) electrons. The number of halogens is 2. The highest BCUT2D eigenvalue weighted by Gasteiger charge is 2.05. The largest absolute Gasteiger partial charge is 0.364 e. The Labute approximate surface area is 107 Å². The molecule has 0 aliphatic carbocycles. The van der Waals surface area contributed by atoms with Crippen LogP contribution in [-0.2, 0) is 6.54 Å². The van der Waals surface area contributed by atoms with Gasteiger partial charge in [-0.1, -0.05) is 11.6 Å². The Kier molecular flexibility index (Phi) is 3.63. The number of thiophene rings is 1.